The fourth-order valence-electron chi connectivity index (χ4n) is 3.11. The lowest BCUT2D eigenvalue weighted by molar-refractivity contribution is -0.115. The summed E-state index contributed by atoms with van der Waals surface area (Å²) >= 11 is 1.55. The van der Waals surface area contributed by atoms with E-state index in [2.05, 4.69) is 10.3 Å². The Hall–Kier alpha value is -3.11. The van der Waals surface area contributed by atoms with Gasteiger partial charge < -0.3 is 5.32 Å². The average molecular weight is 385 g/mol. The van der Waals surface area contributed by atoms with E-state index in [0.29, 0.717) is 0 Å². The summed E-state index contributed by atoms with van der Waals surface area (Å²) in [5, 5.41) is 3.93. The van der Waals surface area contributed by atoms with E-state index in [0.717, 1.165) is 32.6 Å². The predicted octanol–water partition coefficient (Wildman–Crippen LogP) is 6.02. The molecule has 1 atom stereocenters. The highest BCUT2D eigenvalue weighted by Crippen LogP contribution is 2.32. The molecular formula is C24H20N2OS. The van der Waals surface area contributed by atoms with Crippen molar-refractivity contribution in [3.8, 4) is 11.1 Å². The van der Waals surface area contributed by atoms with Crippen molar-refractivity contribution in [2.24, 2.45) is 0 Å². The maximum absolute atomic E-state index is 12.9. The van der Waals surface area contributed by atoms with Gasteiger partial charge >= 0.3 is 0 Å². The van der Waals surface area contributed by atoms with Crippen LogP contribution in [0.5, 0.6) is 0 Å². The van der Waals surface area contributed by atoms with Gasteiger partial charge in [-0.15, -0.1) is 11.8 Å². The lowest BCUT2D eigenvalue weighted by Crippen LogP contribution is -2.22. The molecule has 138 valence electrons. The van der Waals surface area contributed by atoms with E-state index in [1.807, 2.05) is 91.9 Å². The zero-order valence-electron chi connectivity index (χ0n) is 15.5. The SMILES string of the molecule is CC(Sc1ccnc2ccccc12)C(=O)Nc1ccccc1-c1ccccc1. The first-order chi connectivity index (χ1) is 13.7. The van der Waals surface area contributed by atoms with Crippen LogP contribution in [0.15, 0.2) is 96.0 Å². The van der Waals surface area contributed by atoms with Gasteiger partial charge in [0.25, 0.3) is 0 Å². The van der Waals surface area contributed by atoms with Gasteiger partial charge in [-0.2, -0.15) is 0 Å². The van der Waals surface area contributed by atoms with Gasteiger partial charge in [0.15, 0.2) is 0 Å². The molecule has 0 spiro atoms. The van der Waals surface area contributed by atoms with E-state index in [-0.39, 0.29) is 11.2 Å². The van der Waals surface area contributed by atoms with Crippen LogP contribution in [0.3, 0.4) is 0 Å². The molecule has 1 amide bonds. The van der Waals surface area contributed by atoms with E-state index >= 15 is 0 Å². The minimum absolute atomic E-state index is 0.0192. The summed E-state index contributed by atoms with van der Waals surface area (Å²) in [6.07, 6.45) is 1.79. The Morgan fingerprint density at radius 2 is 1.61 bits per heavy atom. The number of para-hydroxylation sites is 2. The maximum atomic E-state index is 12.9. The number of thioether (sulfide) groups is 1. The van der Waals surface area contributed by atoms with E-state index in [1.165, 1.54) is 0 Å². The molecule has 1 N–H and O–H groups in total. The molecule has 0 radical (unpaired) electrons. The number of hydrogen-bond acceptors (Lipinski definition) is 3. The highest BCUT2D eigenvalue weighted by atomic mass is 32.2. The lowest BCUT2D eigenvalue weighted by Gasteiger charge is -2.15. The quantitative estimate of drug-likeness (QED) is 0.428. The molecule has 0 saturated carbocycles. The van der Waals surface area contributed by atoms with Crippen LogP contribution >= 0.6 is 11.8 Å². The van der Waals surface area contributed by atoms with Gasteiger partial charge in [-0.25, -0.2) is 0 Å². The normalized spacial score (nSPS) is 11.9. The summed E-state index contributed by atoms with van der Waals surface area (Å²) in [6, 6.07) is 27.9. The Balaban J connectivity index is 1.54. The summed E-state index contributed by atoms with van der Waals surface area (Å²) < 4.78 is 0. The standard InChI is InChI=1S/C24H20N2OS/c1-17(28-23-15-16-25-21-13-7-6-12-20(21)23)24(27)26-22-14-8-5-11-19(22)18-9-3-2-4-10-18/h2-17H,1H3,(H,26,27). The molecule has 0 aliphatic carbocycles. The third-order valence-electron chi connectivity index (χ3n) is 4.55. The summed E-state index contributed by atoms with van der Waals surface area (Å²) in [7, 11) is 0. The molecule has 1 aromatic heterocycles. The number of hydrogen-bond donors (Lipinski definition) is 1. The Bertz CT molecular complexity index is 1110. The van der Waals surface area contributed by atoms with Crippen molar-refractivity contribution in [1.82, 2.24) is 4.98 Å². The van der Waals surface area contributed by atoms with Crippen molar-refractivity contribution in [3.05, 3.63) is 91.1 Å². The zero-order valence-corrected chi connectivity index (χ0v) is 16.3. The molecular weight excluding hydrogens is 364 g/mol. The maximum Gasteiger partial charge on any atom is 0.237 e. The van der Waals surface area contributed by atoms with E-state index in [4.69, 9.17) is 0 Å². The van der Waals surface area contributed by atoms with Crippen LogP contribution in [0.2, 0.25) is 0 Å². The minimum Gasteiger partial charge on any atom is -0.325 e. The number of anilines is 1. The lowest BCUT2D eigenvalue weighted by atomic mass is 10.0. The number of carbonyl (C=O) groups excluding carboxylic acids is 1. The highest BCUT2D eigenvalue weighted by Gasteiger charge is 2.17. The van der Waals surface area contributed by atoms with Crippen LogP contribution < -0.4 is 5.32 Å². The summed E-state index contributed by atoms with van der Waals surface area (Å²) in [5.41, 5.74) is 3.86. The first-order valence-corrected chi connectivity index (χ1v) is 10.1. The zero-order chi connectivity index (χ0) is 19.3. The van der Waals surface area contributed by atoms with E-state index in [9.17, 15) is 4.79 Å². The van der Waals surface area contributed by atoms with Crippen LogP contribution in [-0.2, 0) is 4.79 Å². The number of nitrogens with zero attached hydrogens (tertiary/aromatic N) is 1. The van der Waals surface area contributed by atoms with Crippen molar-refractivity contribution in [3.63, 3.8) is 0 Å². The molecule has 0 bridgehead atoms. The number of rotatable bonds is 5. The molecule has 1 heterocycles. The molecule has 0 fully saturated rings. The summed E-state index contributed by atoms with van der Waals surface area (Å²) in [4.78, 5) is 18.3. The second-order valence-electron chi connectivity index (χ2n) is 6.49. The van der Waals surface area contributed by atoms with Crippen molar-refractivity contribution < 1.29 is 4.79 Å². The molecule has 1 unspecified atom stereocenters. The smallest absolute Gasteiger partial charge is 0.237 e. The Morgan fingerprint density at radius 1 is 0.893 bits per heavy atom. The van der Waals surface area contributed by atoms with Crippen LogP contribution in [0, 0.1) is 0 Å². The number of carbonyl (C=O) groups is 1. The third-order valence-corrected chi connectivity index (χ3v) is 5.73. The van der Waals surface area contributed by atoms with E-state index in [1.54, 1.807) is 18.0 Å². The molecule has 28 heavy (non-hydrogen) atoms. The average Bonchev–Trinajstić information content (AvgIpc) is 2.75. The predicted molar refractivity (Wildman–Crippen MR) is 118 cm³/mol. The number of amides is 1. The first kappa shape index (κ1) is 18.3. The fourth-order valence-corrected chi connectivity index (χ4v) is 4.10. The van der Waals surface area contributed by atoms with Crippen LogP contribution in [0.1, 0.15) is 6.92 Å². The van der Waals surface area contributed by atoms with Gasteiger partial charge in [0.05, 0.1) is 10.8 Å². The van der Waals surface area contributed by atoms with Crippen molar-refractivity contribution in [1.29, 1.82) is 0 Å². The van der Waals surface area contributed by atoms with Gasteiger partial charge in [-0.3, -0.25) is 9.78 Å². The van der Waals surface area contributed by atoms with Gasteiger partial charge in [-0.1, -0.05) is 66.7 Å². The Labute approximate surface area is 168 Å². The molecule has 4 rings (SSSR count). The minimum atomic E-state index is -0.241. The molecule has 4 heteroatoms. The molecule has 4 aromatic rings. The number of aromatic nitrogens is 1. The first-order valence-electron chi connectivity index (χ1n) is 9.18. The van der Waals surface area contributed by atoms with Crippen molar-refractivity contribution >= 4 is 34.3 Å². The Morgan fingerprint density at radius 3 is 2.46 bits per heavy atom. The number of nitrogens with one attached hydrogen (secondary N) is 1. The summed E-state index contributed by atoms with van der Waals surface area (Å²) in [5.74, 6) is -0.0192. The third kappa shape index (κ3) is 3.92. The monoisotopic (exact) mass is 384 g/mol. The second-order valence-corrected chi connectivity index (χ2v) is 7.87. The topological polar surface area (TPSA) is 42.0 Å². The molecule has 0 aliphatic rings. The number of fused-ring (bicyclic) bond motifs is 1. The molecule has 3 nitrogen and oxygen atoms in total. The summed E-state index contributed by atoms with van der Waals surface area (Å²) in [6.45, 7) is 1.93. The number of benzene rings is 3. The van der Waals surface area contributed by atoms with Gasteiger partial charge in [0, 0.05) is 27.7 Å². The second kappa shape index (κ2) is 8.28. The van der Waals surface area contributed by atoms with Crippen LogP contribution in [0.4, 0.5) is 5.69 Å². The molecule has 0 aliphatic heterocycles. The van der Waals surface area contributed by atoms with Gasteiger partial charge in [0.2, 0.25) is 5.91 Å². The fraction of sp³-hybridized carbons (Fsp3) is 0.0833. The Kier molecular flexibility index (Phi) is 5.40. The van der Waals surface area contributed by atoms with Gasteiger partial charge in [-0.05, 0) is 30.7 Å². The molecule has 3 aromatic carbocycles. The van der Waals surface area contributed by atoms with Gasteiger partial charge in [0.1, 0.15) is 0 Å². The number of pyridine rings is 1. The largest absolute Gasteiger partial charge is 0.325 e. The van der Waals surface area contributed by atoms with Crippen molar-refractivity contribution in [2.75, 3.05) is 5.32 Å². The highest BCUT2D eigenvalue weighted by molar-refractivity contribution is 8.00. The van der Waals surface area contributed by atoms with Crippen LogP contribution in [0.25, 0.3) is 22.0 Å². The van der Waals surface area contributed by atoms with Crippen LogP contribution in [-0.4, -0.2) is 16.1 Å². The molecule has 0 saturated heterocycles. The van der Waals surface area contributed by atoms with Crippen molar-refractivity contribution in [2.45, 2.75) is 17.1 Å². The van der Waals surface area contributed by atoms with E-state index < -0.39 is 0 Å².